The van der Waals surface area contributed by atoms with Crippen LogP contribution < -0.4 is 30.4 Å². The standard InChI is InChI=1S/C91H90BN3S/c1-87(2,3)62-40-44-66(45-41-62)93(77-30-20-18-26-69(77)59-24-15-12-16-25-59)68-46-48-76-79(56-68)94(67-42-32-58(33-43-67)61-34-47-73-75(53-61)90(9,10)51-50-89(73,7)8)80-54-65(88(4,5)6)55-81-84(80)92(76)86-85(71-52-60(35-49-82(71)96-86)57-22-13-11-14-23-57)95(81)78-31-21-29-74-83(78)70-27-17-19-28-72(70)91(74)63-36-37-64(91)39-38-63/h12,15-21,24-35,40-49,52-57,63-64H,11,13-14,22-23,36-39,50-51H2,1-10H3. The second-order valence-electron chi connectivity index (χ2n) is 33.2. The molecule has 0 N–H and O–H groups in total. The molecule has 1 spiro atoms. The van der Waals surface area contributed by atoms with E-state index in [1.54, 1.807) is 11.1 Å². The highest BCUT2D eigenvalue weighted by molar-refractivity contribution is 7.33. The summed E-state index contributed by atoms with van der Waals surface area (Å²) >= 11 is 2.06. The fraction of sp³-hybridized carbons (Fsp3) is 0.319. The van der Waals surface area contributed by atoms with Gasteiger partial charge in [0.25, 0.3) is 6.71 Å². The molecule has 478 valence electrons. The van der Waals surface area contributed by atoms with Crippen LogP contribution in [0.15, 0.2) is 212 Å². The summed E-state index contributed by atoms with van der Waals surface area (Å²) in [7, 11) is 0. The molecule has 2 aliphatic heterocycles. The Hall–Kier alpha value is -8.38. The molecule has 3 fully saturated rings. The molecule has 18 rings (SSSR count). The Kier molecular flexibility index (Phi) is 13.6. The lowest BCUT2D eigenvalue weighted by Gasteiger charge is -2.45. The number of benzene rings is 10. The fourth-order valence-corrected chi connectivity index (χ4v) is 21.0. The van der Waals surface area contributed by atoms with E-state index in [2.05, 4.69) is 308 Å². The molecule has 5 heteroatoms. The summed E-state index contributed by atoms with van der Waals surface area (Å²) in [4.78, 5) is 8.10. The third-order valence-electron chi connectivity index (χ3n) is 24.8. The second kappa shape index (κ2) is 21.8. The number of thiophene rings is 1. The average molecular weight is 1270 g/mol. The molecule has 0 unspecified atom stereocenters. The maximum Gasteiger partial charge on any atom is 0.264 e. The van der Waals surface area contributed by atoms with E-state index in [1.807, 2.05) is 0 Å². The maximum atomic E-state index is 2.86. The molecule has 3 nitrogen and oxygen atoms in total. The summed E-state index contributed by atoms with van der Waals surface area (Å²) in [6.45, 7) is 24.0. The van der Waals surface area contributed by atoms with Crippen molar-refractivity contribution in [3.8, 4) is 33.4 Å². The van der Waals surface area contributed by atoms with Gasteiger partial charge in [-0.25, -0.2) is 0 Å². The van der Waals surface area contributed by atoms with E-state index in [4.69, 9.17) is 0 Å². The van der Waals surface area contributed by atoms with Crippen LogP contribution in [0.2, 0.25) is 0 Å². The Morgan fingerprint density at radius 1 is 0.458 bits per heavy atom. The number of hydrogen-bond donors (Lipinski definition) is 0. The van der Waals surface area contributed by atoms with E-state index < -0.39 is 0 Å². The normalized spacial score (nSPS) is 20.2. The van der Waals surface area contributed by atoms with Crippen molar-refractivity contribution in [3.05, 3.63) is 251 Å². The van der Waals surface area contributed by atoms with Crippen molar-refractivity contribution in [2.24, 2.45) is 11.8 Å². The zero-order valence-corrected chi connectivity index (χ0v) is 58.9. The minimum absolute atomic E-state index is 0.0000458. The highest BCUT2D eigenvalue weighted by atomic mass is 32.1. The highest BCUT2D eigenvalue weighted by Crippen LogP contribution is 2.69. The third-order valence-corrected chi connectivity index (χ3v) is 26.0. The summed E-state index contributed by atoms with van der Waals surface area (Å²) in [5.41, 5.74) is 32.1. The zero-order chi connectivity index (χ0) is 65.4. The third kappa shape index (κ3) is 9.10. The van der Waals surface area contributed by atoms with Gasteiger partial charge >= 0.3 is 0 Å². The van der Waals surface area contributed by atoms with Gasteiger partial charge in [-0.2, -0.15) is 0 Å². The molecule has 0 radical (unpaired) electrons. The van der Waals surface area contributed by atoms with Gasteiger partial charge in [0.2, 0.25) is 0 Å². The predicted octanol–water partition coefficient (Wildman–Crippen LogP) is 23.9. The van der Waals surface area contributed by atoms with Gasteiger partial charge < -0.3 is 14.7 Å². The van der Waals surface area contributed by atoms with Crippen LogP contribution >= 0.6 is 11.3 Å². The summed E-state index contributed by atoms with van der Waals surface area (Å²) in [6, 6.07) is 84.4. The van der Waals surface area contributed by atoms with Gasteiger partial charge in [0.1, 0.15) is 0 Å². The van der Waals surface area contributed by atoms with Gasteiger partial charge in [-0.05, 0) is 236 Å². The number of rotatable bonds is 8. The molecule has 11 aromatic rings. The van der Waals surface area contributed by atoms with Crippen LogP contribution in [-0.4, -0.2) is 6.71 Å². The summed E-state index contributed by atoms with van der Waals surface area (Å²) in [5, 5.41) is 1.40. The molecule has 10 aromatic carbocycles. The van der Waals surface area contributed by atoms with Crippen LogP contribution in [0.4, 0.5) is 51.2 Å². The minimum atomic E-state index is -0.195. The molecule has 2 bridgehead atoms. The van der Waals surface area contributed by atoms with Crippen molar-refractivity contribution < 1.29 is 0 Å². The first kappa shape index (κ1) is 60.1. The van der Waals surface area contributed by atoms with Crippen molar-refractivity contribution in [1.29, 1.82) is 0 Å². The average Bonchev–Trinajstić information content (AvgIpc) is 1.45. The van der Waals surface area contributed by atoms with Gasteiger partial charge in [-0.3, -0.25) is 0 Å². The van der Waals surface area contributed by atoms with Crippen molar-refractivity contribution in [3.63, 3.8) is 0 Å². The van der Waals surface area contributed by atoms with Gasteiger partial charge in [-0.15, -0.1) is 11.3 Å². The molecular formula is C91H90BN3S. The van der Waals surface area contributed by atoms with E-state index in [0.29, 0.717) is 17.8 Å². The number of fused-ring (bicyclic) bond motifs is 10. The highest BCUT2D eigenvalue weighted by Gasteiger charge is 2.61. The molecule has 7 aliphatic rings. The molecule has 3 heterocycles. The lowest BCUT2D eigenvalue weighted by atomic mass is 9.36. The largest absolute Gasteiger partial charge is 0.311 e. The fourth-order valence-electron chi connectivity index (χ4n) is 19.7. The Bertz CT molecular complexity index is 4910. The molecule has 0 amide bonds. The molecule has 5 aliphatic carbocycles. The molecule has 96 heavy (non-hydrogen) atoms. The SMILES string of the molecule is CC(C)(C)c1ccc(N(c2ccc3c(c2)N(c2ccc(-c4ccc5c(c4)C(C)(C)CCC5(C)C)cc2)c2cc(C(C)(C)C)cc4c2B3c2sc3ccc(C5CCCCC5)cc3c2N4c2cccc3c2-c2ccccc2C32C3CCC2CC3)c2ccccc2-c2ccccc2)cc1. The maximum absolute atomic E-state index is 2.86. The van der Waals surface area contributed by atoms with E-state index in [-0.39, 0.29) is 33.8 Å². The summed E-state index contributed by atoms with van der Waals surface area (Å²) < 4.78 is 2.81. The molecule has 3 saturated carbocycles. The number of para-hydroxylation sites is 1. The van der Waals surface area contributed by atoms with Crippen LogP contribution in [0.5, 0.6) is 0 Å². The van der Waals surface area contributed by atoms with Gasteiger partial charge in [0, 0.05) is 65.5 Å². The predicted molar refractivity (Wildman–Crippen MR) is 412 cm³/mol. The van der Waals surface area contributed by atoms with Crippen LogP contribution in [0.3, 0.4) is 0 Å². The Labute approximate surface area is 575 Å². The quantitative estimate of drug-likeness (QED) is 0.140. The Balaban J connectivity index is 0.915. The molecule has 0 saturated heterocycles. The smallest absolute Gasteiger partial charge is 0.264 e. The topological polar surface area (TPSA) is 9.72 Å². The van der Waals surface area contributed by atoms with E-state index in [9.17, 15) is 0 Å². The van der Waals surface area contributed by atoms with Crippen LogP contribution in [0.25, 0.3) is 43.5 Å². The first-order valence-corrected chi connectivity index (χ1v) is 37.2. The number of hydrogen-bond acceptors (Lipinski definition) is 4. The van der Waals surface area contributed by atoms with Gasteiger partial charge in [0.15, 0.2) is 0 Å². The number of nitrogens with zero attached hydrogens (tertiary/aromatic N) is 3. The first-order chi connectivity index (χ1) is 46.3. The van der Waals surface area contributed by atoms with Crippen LogP contribution in [-0.2, 0) is 27.1 Å². The monoisotopic (exact) mass is 1270 g/mol. The van der Waals surface area contributed by atoms with Crippen molar-refractivity contribution in [2.45, 2.75) is 173 Å². The van der Waals surface area contributed by atoms with E-state index in [1.165, 1.54) is 186 Å². The van der Waals surface area contributed by atoms with Crippen molar-refractivity contribution in [1.82, 2.24) is 0 Å². The molecular weight excluding hydrogens is 1180 g/mol. The van der Waals surface area contributed by atoms with Crippen LogP contribution in [0.1, 0.15) is 185 Å². The Morgan fingerprint density at radius 3 is 1.81 bits per heavy atom. The molecule has 0 atom stereocenters. The summed E-state index contributed by atoms with van der Waals surface area (Å²) in [6.07, 6.45) is 14.2. The Morgan fingerprint density at radius 2 is 1.09 bits per heavy atom. The summed E-state index contributed by atoms with van der Waals surface area (Å²) in [5.74, 6) is 1.90. The lowest BCUT2D eigenvalue weighted by Crippen LogP contribution is -2.60. The second-order valence-corrected chi connectivity index (χ2v) is 34.3. The molecule has 1 aromatic heterocycles. The van der Waals surface area contributed by atoms with Crippen molar-refractivity contribution in [2.75, 3.05) is 14.7 Å². The zero-order valence-electron chi connectivity index (χ0n) is 58.0. The van der Waals surface area contributed by atoms with Crippen molar-refractivity contribution >= 4 is 95.0 Å². The number of anilines is 9. The van der Waals surface area contributed by atoms with E-state index >= 15 is 0 Å². The minimum Gasteiger partial charge on any atom is -0.311 e. The van der Waals surface area contributed by atoms with Gasteiger partial charge in [-0.1, -0.05) is 228 Å². The van der Waals surface area contributed by atoms with Gasteiger partial charge in [0.05, 0.1) is 17.1 Å². The van der Waals surface area contributed by atoms with Crippen LogP contribution in [0, 0.1) is 11.8 Å². The lowest BCUT2D eigenvalue weighted by molar-refractivity contribution is 0.332. The first-order valence-electron chi connectivity index (χ1n) is 36.4. The van der Waals surface area contributed by atoms with E-state index in [0.717, 1.165) is 22.7 Å².